The first-order valence-electron chi connectivity index (χ1n) is 7.83. The van der Waals surface area contributed by atoms with Crippen LogP contribution in [0.3, 0.4) is 0 Å². The van der Waals surface area contributed by atoms with Crippen molar-refractivity contribution in [1.29, 1.82) is 5.26 Å². The van der Waals surface area contributed by atoms with Crippen LogP contribution in [0.2, 0.25) is 0 Å². The minimum absolute atomic E-state index is 0.0767. The second-order valence-electron chi connectivity index (χ2n) is 6.58. The Kier molecular flexibility index (Phi) is 3.84. The second kappa shape index (κ2) is 5.69. The molecule has 1 heterocycles. The number of anilines is 1. The fourth-order valence-corrected chi connectivity index (χ4v) is 3.93. The normalized spacial score (nSPS) is 28.4. The van der Waals surface area contributed by atoms with Crippen molar-refractivity contribution in [3.05, 3.63) is 11.8 Å². The molecule has 1 amide bonds. The van der Waals surface area contributed by atoms with Gasteiger partial charge in [-0.25, -0.2) is 0 Å². The van der Waals surface area contributed by atoms with Gasteiger partial charge in [-0.3, -0.25) is 14.3 Å². The number of carbonyl (C=O) groups excluding carboxylic acids is 2. The van der Waals surface area contributed by atoms with Crippen LogP contribution in [-0.2, 0) is 21.4 Å². The number of hydrogen-bond donors (Lipinski definition) is 1. The summed E-state index contributed by atoms with van der Waals surface area (Å²) < 4.78 is 6.69. The molecule has 0 spiro atoms. The Morgan fingerprint density at radius 2 is 2.35 bits per heavy atom. The molecule has 23 heavy (non-hydrogen) atoms. The van der Waals surface area contributed by atoms with E-state index in [1.165, 1.54) is 0 Å². The lowest BCUT2D eigenvalue weighted by molar-refractivity contribution is -0.157. The van der Waals surface area contributed by atoms with Crippen LogP contribution in [0, 0.1) is 35.5 Å². The van der Waals surface area contributed by atoms with E-state index >= 15 is 0 Å². The molecule has 2 aliphatic rings. The number of ether oxygens (including phenoxy) is 1. The van der Waals surface area contributed by atoms with E-state index in [4.69, 9.17) is 4.74 Å². The quantitative estimate of drug-likeness (QED) is 0.850. The van der Waals surface area contributed by atoms with Gasteiger partial charge in [-0.1, -0.05) is 6.42 Å². The lowest BCUT2D eigenvalue weighted by atomic mass is 9.74. The Hall–Kier alpha value is -2.36. The highest BCUT2D eigenvalue weighted by atomic mass is 16.5. The van der Waals surface area contributed by atoms with Gasteiger partial charge in [-0.15, -0.1) is 0 Å². The number of nitrogens with one attached hydrogen (secondary N) is 1. The topological polar surface area (TPSA) is 97.0 Å². The highest BCUT2D eigenvalue weighted by Crippen LogP contribution is 2.56. The van der Waals surface area contributed by atoms with Gasteiger partial charge in [0.2, 0.25) is 0 Å². The van der Waals surface area contributed by atoms with Crippen molar-refractivity contribution in [2.45, 2.75) is 32.6 Å². The molecule has 1 N–H and O–H groups in total. The van der Waals surface area contributed by atoms with Crippen LogP contribution < -0.4 is 5.32 Å². The average Bonchev–Trinajstić information content (AvgIpc) is 3.20. The fraction of sp³-hybridized carbons (Fsp3) is 0.625. The maximum absolute atomic E-state index is 12.4. The Labute approximate surface area is 134 Å². The summed E-state index contributed by atoms with van der Waals surface area (Å²) >= 11 is 0. The predicted molar refractivity (Wildman–Crippen MR) is 81.0 cm³/mol. The van der Waals surface area contributed by atoms with Gasteiger partial charge in [0, 0.05) is 13.1 Å². The van der Waals surface area contributed by atoms with Gasteiger partial charge in [0.15, 0.2) is 12.0 Å². The zero-order valence-corrected chi connectivity index (χ0v) is 13.3. The first-order chi connectivity index (χ1) is 10.9. The summed E-state index contributed by atoms with van der Waals surface area (Å²) in [5.41, 5.74) is -0.267. The molecule has 3 atom stereocenters. The van der Waals surface area contributed by atoms with Crippen molar-refractivity contribution in [1.82, 2.24) is 9.78 Å². The van der Waals surface area contributed by atoms with Crippen molar-refractivity contribution < 1.29 is 14.3 Å². The number of hydrogen-bond acceptors (Lipinski definition) is 5. The van der Waals surface area contributed by atoms with Crippen LogP contribution in [0.1, 0.15) is 31.4 Å². The predicted octanol–water partition coefficient (Wildman–Crippen LogP) is 1.54. The molecule has 3 unspecified atom stereocenters. The molecule has 122 valence electrons. The van der Waals surface area contributed by atoms with E-state index in [1.807, 2.05) is 6.92 Å². The molecule has 1 aromatic heterocycles. The maximum Gasteiger partial charge on any atom is 0.327 e. The SMILES string of the molecule is Cc1cc(NC(=O)COC(=O)C2(C#N)CC3CCC2C3)n(C)n1. The van der Waals surface area contributed by atoms with E-state index < -0.39 is 17.3 Å². The van der Waals surface area contributed by atoms with E-state index in [2.05, 4.69) is 16.5 Å². The Balaban J connectivity index is 1.58. The number of aromatic nitrogens is 2. The molecule has 0 radical (unpaired) electrons. The molecule has 7 nitrogen and oxygen atoms in total. The molecule has 2 aliphatic carbocycles. The molecule has 0 aromatic carbocycles. The molecule has 0 saturated heterocycles. The average molecular weight is 316 g/mol. The third-order valence-electron chi connectivity index (χ3n) is 5.02. The summed E-state index contributed by atoms with van der Waals surface area (Å²) in [5, 5.41) is 16.3. The van der Waals surface area contributed by atoms with Crippen LogP contribution in [0.5, 0.6) is 0 Å². The Bertz CT molecular complexity index is 690. The fourth-order valence-electron chi connectivity index (χ4n) is 3.93. The summed E-state index contributed by atoms with van der Waals surface area (Å²) in [5.74, 6) is 0.0748. The minimum atomic E-state index is -1.05. The van der Waals surface area contributed by atoms with Crippen LogP contribution in [0.15, 0.2) is 6.07 Å². The van der Waals surface area contributed by atoms with E-state index in [9.17, 15) is 14.9 Å². The van der Waals surface area contributed by atoms with Crippen molar-refractivity contribution in [3.8, 4) is 6.07 Å². The highest BCUT2D eigenvalue weighted by Gasteiger charge is 2.57. The van der Waals surface area contributed by atoms with E-state index in [0.29, 0.717) is 18.2 Å². The molecular formula is C16H20N4O3. The Morgan fingerprint density at radius 3 is 2.87 bits per heavy atom. The number of nitrogens with zero attached hydrogens (tertiary/aromatic N) is 3. The third kappa shape index (κ3) is 2.69. The van der Waals surface area contributed by atoms with Crippen LogP contribution in [0.25, 0.3) is 0 Å². The number of aryl methyl sites for hydroxylation is 2. The summed E-state index contributed by atoms with van der Waals surface area (Å²) in [6.07, 6.45) is 3.47. The van der Waals surface area contributed by atoms with Crippen LogP contribution in [-0.4, -0.2) is 28.3 Å². The van der Waals surface area contributed by atoms with Crippen molar-refractivity contribution in [2.75, 3.05) is 11.9 Å². The van der Waals surface area contributed by atoms with Gasteiger partial charge in [0.1, 0.15) is 5.82 Å². The number of carbonyl (C=O) groups is 2. The molecule has 3 rings (SSSR count). The van der Waals surface area contributed by atoms with Gasteiger partial charge in [-0.05, 0) is 38.0 Å². The van der Waals surface area contributed by atoms with Crippen LogP contribution >= 0.6 is 0 Å². The minimum Gasteiger partial charge on any atom is -0.454 e. The monoisotopic (exact) mass is 316 g/mol. The highest BCUT2D eigenvalue weighted by molar-refractivity contribution is 5.93. The van der Waals surface area contributed by atoms with E-state index in [-0.39, 0.29) is 12.5 Å². The number of fused-ring (bicyclic) bond motifs is 2. The van der Waals surface area contributed by atoms with Gasteiger partial charge >= 0.3 is 5.97 Å². The Morgan fingerprint density at radius 1 is 1.57 bits per heavy atom. The number of esters is 1. The molecule has 2 bridgehead atoms. The molecule has 0 aliphatic heterocycles. The lowest BCUT2D eigenvalue weighted by Crippen LogP contribution is -2.38. The van der Waals surface area contributed by atoms with Gasteiger partial charge in [0.25, 0.3) is 5.91 Å². The number of nitriles is 1. The van der Waals surface area contributed by atoms with E-state index in [1.54, 1.807) is 17.8 Å². The zero-order valence-electron chi connectivity index (χ0n) is 13.3. The maximum atomic E-state index is 12.4. The number of amides is 1. The smallest absolute Gasteiger partial charge is 0.327 e. The first kappa shape index (κ1) is 15.5. The summed E-state index contributed by atoms with van der Waals surface area (Å²) in [7, 11) is 1.72. The van der Waals surface area contributed by atoms with Gasteiger partial charge < -0.3 is 10.1 Å². The molecular weight excluding hydrogens is 296 g/mol. The van der Waals surface area contributed by atoms with Crippen molar-refractivity contribution >= 4 is 17.7 Å². The summed E-state index contributed by atoms with van der Waals surface area (Å²) in [6, 6.07) is 3.90. The molecule has 7 heteroatoms. The van der Waals surface area contributed by atoms with Crippen molar-refractivity contribution in [2.24, 2.45) is 24.3 Å². The summed E-state index contributed by atoms with van der Waals surface area (Å²) in [6.45, 7) is 1.44. The second-order valence-corrected chi connectivity index (χ2v) is 6.58. The number of rotatable bonds is 4. The van der Waals surface area contributed by atoms with Crippen molar-refractivity contribution in [3.63, 3.8) is 0 Å². The zero-order chi connectivity index (χ0) is 16.6. The van der Waals surface area contributed by atoms with Gasteiger partial charge in [-0.2, -0.15) is 10.4 Å². The van der Waals surface area contributed by atoms with Crippen LogP contribution in [0.4, 0.5) is 5.82 Å². The molecule has 1 aromatic rings. The van der Waals surface area contributed by atoms with Gasteiger partial charge in [0.05, 0.1) is 11.8 Å². The standard InChI is InChI=1S/C16H20N4O3/c1-10-5-13(20(2)19-10)18-14(21)8-23-15(22)16(9-17)7-11-3-4-12(16)6-11/h5,11-12H,3-4,6-8H2,1-2H3,(H,18,21). The molecule has 2 saturated carbocycles. The lowest BCUT2D eigenvalue weighted by Gasteiger charge is -2.28. The summed E-state index contributed by atoms with van der Waals surface area (Å²) in [4.78, 5) is 24.3. The first-order valence-corrected chi connectivity index (χ1v) is 7.83. The largest absolute Gasteiger partial charge is 0.454 e. The van der Waals surface area contributed by atoms with E-state index in [0.717, 1.165) is 25.0 Å². The molecule has 2 fully saturated rings. The third-order valence-corrected chi connectivity index (χ3v) is 5.02.